The summed E-state index contributed by atoms with van der Waals surface area (Å²) in [6, 6.07) is 60.7. The van der Waals surface area contributed by atoms with E-state index in [4.69, 9.17) is 0 Å². The number of hydrogen-bond donors (Lipinski definition) is 0. The molecular formula is C49H34NOP. The SMILES string of the molecule is CC1(C)c2ccccc2-c2ccc(-c3ccc(-n4c5ccccc5c5c6c(ccc54)-c4ccccc4P6(=O)c4ccccc4)c4ccccc34)cc21. The van der Waals surface area contributed by atoms with Gasteiger partial charge in [-0.15, -0.1) is 0 Å². The molecule has 1 atom stereocenters. The maximum absolute atomic E-state index is 15.9. The molecule has 0 radical (unpaired) electrons. The second-order valence-corrected chi connectivity index (χ2v) is 17.4. The molecule has 0 amide bonds. The summed E-state index contributed by atoms with van der Waals surface area (Å²) >= 11 is 0. The predicted octanol–water partition coefficient (Wildman–Crippen LogP) is 11.5. The fourth-order valence-electron chi connectivity index (χ4n) is 9.45. The molecule has 2 heterocycles. The Hall–Kier alpha value is -5.95. The highest BCUT2D eigenvalue weighted by molar-refractivity contribution is 7.86. The van der Waals surface area contributed by atoms with E-state index >= 15 is 4.57 Å². The third-order valence-electron chi connectivity index (χ3n) is 11.8. The predicted molar refractivity (Wildman–Crippen MR) is 220 cm³/mol. The van der Waals surface area contributed by atoms with Gasteiger partial charge in [0.05, 0.1) is 16.7 Å². The molecule has 0 fully saturated rings. The van der Waals surface area contributed by atoms with Gasteiger partial charge in [0.1, 0.15) is 0 Å². The molecule has 1 aliphatic heterocycles. The zero-order valence-electron chi connectivity index (χ0n) is 29.0. The van der Waals surface area contributed by atoms with E-state index in [2.05, 4.69) is 152 Å². The van der Waals surface area contributed by atoms with Crippen molar-refractivity contribution in [3.63, 3.8) is 0 Å². The number of benzene rings is 8. The first-order valence-corrected chi connectivity index (χ1v) is 19.8. The number of aromatic nitrogens is 1. The van der Waals surface area contributed by atoms with E-state index in [1.807, 2.05) is 36.4 Å². The first kappa shape index (κ1) is 29.7. The monoisotopic (exact) mass is 683 g/mol. The lowest BCUT2D eigenvalue weighted by Crippen LogP contribution is -2.21. The smallest absolute Gasteiger partial charge is 0.172 e. The fraction of sp³-hybridized carbons (Fsp3) is 0.0612. The Bertz CT molecular complexity index is 3020. The van der Waals surface area contributed by atoms with Crippen LogP contribution in [0.15, 0.2) is 170 Å². The average Bonchev–Trinajstić information content (AvgIpc) is 3.76. The van der Waals surface area contributed by atoms with E-state index in [0.717, 1.165) is 54.5 Å². The van der Waals surface area contributed by atoms with Gasteiger partial charge in [-0.2, -0.15) is 0 Å². The highest BCUT2D eigenvalue weighted by Gasteiger charge is 2.42. The second kappa shape index (κ2) is 10.5. The van der Waals surface area contributed by atoms with Gasteiger partial charge in [0.2, 0.25) is 0 Å². The Kier molecular flexibility index (Phi) is 6.03. The van der Waals surface area contributed by atoms with Crippen LogP contribution in [0.4, 0.5) is 0 Å². The van der Waals surface area contributed by atoms with Gasteiger partial charge in [-0.1, -0.05) is 159 Å². The molecule has 52 heavy (non-hydrogen) atoms. The molecule has 0 spiro atoms. The summed E-state index contributed by atoms with van der Waals surface area (Å²) in [5.41, 5.74) is 13.2. The van der Waals surface area contributed by atoms with Crippen LogP contribution in [0.25, 0.3) is 71.6 Å². The Morgan fingerprint density at radius 2 is 1.12 bits per heavy atom. The normalized spacial score (nSPS) is 16.6. The van der Waals surface area contributed by atoms with Crippen molar-refractivity contribution in [2.45, 2.75) is 19.3 Å². The molecule has 8 aromatic carbocycles. The third kappa shape index (κ3) is 3.78. The van der Waals surface area contributed by atoms with Gasteiger partial charge in [0.25, 0.3) is 0 Å². The average molecular weight is 684 g/mol. The molecule has 0 saturated heterocycles. The van der Waals surface area contributed by atoms with Gasteiger partial charge in [0, 0.05) is 37.5 Å². The lowest BCUT2D eigenvalue weighted by molar-refractivity contribution is 0.593. The van der Waals surface area contributed by atoms with Crippen molar-refractivity contribution in [1.29, 1.82) is 0 Å². The molecular weight excluding hydrogens is 650 g/mol. The number of fused-ring (bicyclic) bond motifs is 11. The zero-order valence-corrected chi connectivity index (χ0v) is 29.9. The van der Waals surface area contributed by atoms with Gasteiger partial charge in [0.15, 0.2) is 7.14 Å². The van der Waals surface area contributed by atoms with Gasteiger partial charge in [-0.3, -0.25) is 0 Å². The van der Waals surface area contributed by atoms with Crippen LogP contribution in [-0.2, 0) is 9.98 Å². The van der Waals surface area contributed by atoms with Crippen molar-refractivity contribution >= 4 is 55.6 Å². The summed E-state index contributed by atoms with van der Waals surface area (Å²) in [5, 5.41) is 7.34. The van der Waals surface area contributed by atoms with Gasteiger partial charge in [-0.25, -0.2) is 0 Å². The highest BCUT2D eigenvalue weighted by Crippen LogP contribution is 2.55. The van der Waals surface area contributed by atoms with E-state index in [0.29, 0.717) is 0 Å². The van der Waals surface area contributed by atoms with E-state index in [9.17, 15) is 0 Å². The van der Waals surface area contributed by atoms with Gasteiger partial charge < -0.3 is 9.13 Å². The summed E-state index contributed by atoms with van der Waals surface area (Å²) in [6.45, 7) is 4.69. The number of para-hydroxylation sites is 1. The van der Waals surface area contributed by atoms with Crippen LogP contribution < -0.4 is 15.9 Å². The molecule has 3 heteroatoms. The number of hydrogen-bond acceptors (Lipinski definition) is 1. The second-order valence-electron chi connectivity index (χ2n) is 14.8. The van der Waals surface area contributed by atoms with Crippen molar-refractivity contribution in [3.8, 4) is 39.1 Å². The molecule has 2 aliphatic rings. The maximum atomic E-state index is 15.9. The van der Waals surface area contributed by atoms with Crippen molar-refractivity contribution in [2.24, 2.45) is 0 Å². The topological polar surface area (TPSA) is 22.0 Å². The Labute approximate surface area is 303 Å². The fourth-order valence-corrected chi connectivity index (χ4v) is 12.7. The molecule has 11 rings (SSSR count). The summed E-state index contributed by atoms with van der Waals surface area (Å²) in [4.78, 5) is 0. The maximum Gasteiger partial charge on any atom is 0.172 e. The third-order valence-corrected chi connectivity index (χ3v) is 15.0. The number of rotatable bonds is 3. The molecule has 2 nitrogen and oxygen atoms in total. The van der Waals surface area contributed by atoms with Crippen molar-refractivity contribution in [2.75, 3.05) is 0 Å². The zero-order chi connectivity index (χ0) is 34.8. The molecule has 9 aromatic rings. The minimum atomic E-state index is -3.18. The first-order chi connectivity index (χ1) is 25.5. The van der Waals surface area contributed by atoms with Crippen LogP contribution >= 0.6 is 7.14 Å². The standard InChI is InChI=1S/C49H34NOP/c1-49(2)41-21-11-8-17-35(41)36-25-24-31(30-42(36)49)33-26-28-44(37-18-7-6-16-34(33)37)50-43-22-12-9-20-40(43)47-45(50)29-27-39-38-19-10-13-23-46(38)52(51,48(39)47)32-14-4-3-5-15-32/h3-30H,1-2H3. The van der Waals surface area contributed by atoms with Crippen LogP contribution in [0.5, 0.6) is 0 Å². The Morgan fingerprint density at radius 1 is 0.481 bits per heavy atom. The van der Waals surface area contributed by atoms with Crippen molar-refractivity contribution in [3.05, 3.63) is 181 Å². The van der Waals surface area contributed by atoms with Crippen LogP contribution in [-0.4, -0.2) is 4.57 Å². The van der Waals surface area contributed by atoms with Gasteiger partial charge in [-0.05, 0) is 74.2 Å². The molecule has 1 aromatic heterocycles. The largest absolute Gasteiger partial charge is 0.309 e. The molecule has 246 valence electrons. The van der Waals surface area contributed by atoms with E-state index in [1.54, 1.807) is 0 Å². The van der Waals surface area contributed by atoms with Crippen LogP contribution in [0.2, 0.25) is 0 Å². The quantitative estimate of drug-likeness (QED) is 0.170. The molecule has 0 N–H and O–H groups in total. The van der Waals surface area contributed by atoms with Crippen molar-refractivity contribution in [1.82, 2.24) is 4.57 Å². The molecule has 0 saturated carbocycles. The minimum absolute atomic E-state index is 0.0697. The van der Waals surface area contributed by atoms with E-state index < -0.39 is 7.14 Å². The van der Waals surface area contributed by atoms with E-state index in [-0.39, 0.29) is 5.41 Å². The van der Waals surface area contributed by atoms with E-state index in [1.165, 1.54) is 44.2 Å². The lowest BCUT2D eigenvalue weighted by Gasteiger charge is -2.22. The van der Waals surface area contributed by atoms with Crippen LogP contribution in [0.3, 0.4) is 0 Å². The molecule has 0 bridgehead atoms. The Balaban J connectivity index is 1.17. The van der Waals surface area contributed by atoms with Gasteiger partial charge >= 0.3 is 0 Å². The number of nitrogens with zero attached hydrogens (tertiary/aromatic N) is 1. The summed E-state index contributed by atoms with van der Waals surface area (Å²) < 4.78 is 18.3. The summed E-state index contributed by atoms with van der Waals surface area (Å²) in [6.07, 6.45) is 0. The minimum Gasteiger partial charge on any atom is -0.309 e. The molecule has 1 aliphatic carbocycles. The first-order valence-electron chi connectivity index (χ1n) is 18.1. The summed E-state index contributed by atoms with van der Waals surface area (Å²) in [7, 11) is -3.18. The summed E-state index contributed by atoms with van der Waals surface area (Å²) in [5.74, 6) is 0. The lowest BCUT2D eigenvalue weighted by atomic mass is 9.81. The van der Waals surface area contributed by atoms with Crippen LogP contribution in [0, 0.1) is 0 Å². The van der Waals surface area contributed by atoms with Crippen LogP contribution in [0.1, 0.15) is 25.0 Å². The Morgan fingerprint density at radius 3 is 1.96 bits per heavy atom. The molecule has 1 unspecified atom stereocenters. The highest BCUT2D eigenvalue weighted by atomic mass is 31.2. The van der Waals surface area contributed by atoms with Crippen molar-refractivity contribution < 1.29 is 4.57 Å².